The van der Waals surface area contributed by atoms with Gasteiger partial charge in [0.25, 0.3) is 5.69 Å². The number of rotatable bonds is 7. The van der Waals surface area contributed by atoms with Crippen LogP contribution in [0.4, 0.5) is 11.4 Å². The number of fused-ring (bicyclic) bond motifs is 1. The molecule has 0 unspecified atom stereocenters. The molecule has 0 aliphatic rings. The third-order valence-electron chi connectivity index (χ3n) is 4.59. The fourth-order valence-electron chi connectivity index (χ4n) is 2.99. The normalized spacial score (nSPS) is 11.4. The number of nitro groups is 1. The Labute approximate surface area is 224 Å². The molecule has 0 saturated heterocycles. The van der Waals surface area contributed by atoms with Crippen LogP contribution in [0.15, 0.2) is 57.9 Å². The zero-order valence-corrected chi connectivity index (χ0v) is 22.9. The molecule has 0 radical (unpaired) electrons. The molecule has 4 rings (SSSR count). The summed E-state index contributed by atoms with van der Waals surface area (Å²) in [6.07, 6.45) is 1.66. The van der Waals surface area contributed by atoms with Gasteiger partial charge in [-0.3, -0.25) is 15.1 Å². The molecule has 0 fully saturated rings. The van der Waals surface area contributed by atoms with Crippen LogP contribution in [0.2, 0.25) is 0 Å². The van der Waals surface area contributed by atoms with Crippen LogP contribution in [0.5, 0.6) is 11.5 Å². The van der Waals surface area contributed by atoms with Gasteiger partial charge in [-0.05, 0) is 81.6 Å². The summed E-state index contributed by atoms with van der Waals surface area (Å²) in [5.74, 6) is 1.33. The summed E-state index contributed by atoms with van der Waals surface area (Å²) in [4.78, 5) is 19.9. The van der Waals surface area contributed by atoms with E-state index in [0.717, 1.165) is 32.9 Å². The minimum atomic E-state index is -0.412. The summed E-state index contributed by atoms with van der Waals surface area (Å²) in [6.45, 7) is 0. The van der Waals surface area contributed by atoms with Crippen molar-refractivity contribution in [2.24, 2.45) is 4.99 Å². The van der Waals surface area contributed by atoms with Crippen LogP contribution >= 0.6 is 68.3 Å². The van der Waals surface area contributed by atoms with Gasteiger partial charge in [0.2, 0.25) is 0 Å². The van der Waals surface area contributed by atoms with E-state index in [2.05, 4.69) is 55.2 Å². The fraction of sp³-hybridized carbons (Fsp3) is 0.0909. The standard InChI is InChI=1S/C22H15I2N3O4S2/c1-31-19-5-3-16(27(29)30)7-13(19)11-32-22-26-18-4-2-15(9-20(18)33-22)25-10-12-6-14(23)8-17(24)21(12)28/h2-10,28H,11H2,1H3. The first-order valence-corrected chi connectivity index (χ1v) is 13.4. The van der Waals surface area contributed by atoms with E-state index < -0.39 is 4.92 Å². The van der Waals surface area contributed by atoms with E-state index in [1.807, 2.05) is 30.3 Å². The number of non-ortho nitro benzene ring substituents is 1. The average molecular weight is 703 g/mol. The first-order chi connectivity index (χ1) is 15.8. The van der Waals surface area contributed by atoms with E-state index in [-0.39, 0.29) is 11.4 Å². The number of thioether (sulfide) groups is 1. The number of aromatic hydroxyl groups is 1. The van der Waals surface area contributed by atoms with Crippen molar-refractivity contribution in [3.8, 4) is 11.5 Å². The number of nitrogens with zero attached hydrogens (tertiary/aromatic N) is 3. The van der Waals surface area contributed by atoms with Gasteiger partial charge in [-0.25, -0.2) is 4.98 Å². The highest BCUT2D eigenvalue weighted by atomic mass is 127. The van der Waals surface area contributed by atoms with Crippen molar-refractivity contribution >= 4 is 96.1 Å². The molecule has 1 N–H and O–H groups in total. The number of aromatic nitrogens is 1. The van der Waals surface area contributed by atoms with Crippen molar-refractivity contribution in [3.05, 3.63) is 76.9 Å². The highest BCUT2D eigenvalue weighted by Gasteiger charge is 2.13. The molecule has 1 aromatic heterocycles. The number of methoxy groups -OCH3 is 1. The first-order valence-electron chi connectivity index (χ1n) is 9.41. The zero-order chi connectivity index (χ0) is 23.5. The lowest BCUT2D eigenvalue weighted by atomic mass is 10.2. The Hall–Kier alpha value is -1.97. The smallest absolute Gasteiger partial charge is 0.270 e. The van der Waals surface area contributed by atoms with Crippen LogP contribution in [0.25, 0.3) is 10.2 Å². The molecular weight excluding hydrogens is 688 g/mol. The van der Waals surface area contributed by atoms with E-state index in [1.54, 1.807) is 19.4 Å². The SMILES string of the molecule is COc1ccc([N+](=O)[O-])cc1CSc1nc2ccc(N=Cc3cc(I)cc(I)c3O)cc2s1. The maximum absolute atomic E-state index is 11.1. The molecule has 0 spiro atoms. The van der Waals surface area contributed by atoms with E-state index in [9.17, 15) is 15.2 Å². The van der Waals surface area contributed by atoms with Gasteiger partial charge in [0.15, 0.2) is 4.34 Å². The highest BCUT2D eigenvalue weighted by molar-refractivity contribution is 14.1. The molecule has 4 aromatic rings. The van der Waals surface area contributed by atoms with Crippen molar-refractivity contribution in [2.75, 3.05) is 7.11 Å². The van der Waals surface area contributed by atoms with Gasteiger partial charge in [0, 0.05) is 38.8 Å². The average Bonchev–Trinajstić information content (AvgIpc) is 3.21. The van der Waals surface area contributed by atoms with Crippen LogP contribution in [-0.2, 0) is 5.75 Å². The van der Waals surface area contributed by atoms with E-state index in [4.69, 9.17) is 4.74 Å². The van der Waals surface area contributed by atoms with Gasteiger partial charge >= 0.3 is 0 Å². The molecule has 7 nitrogen and oxygen atoms in total. The fourth-order valence-corrected chi connectivity index (χ4v) is 6.96. The van der Waals surface area contributed by atoms with Gasteiger partial charge in [-0.15, -0.1) is 11.3 Å². The van der Waals surface area contributed by atoms with Crippen LogP contribution < -0.4 is 4.74 Å². The first kappa shape index (κ1) is 24.2. The van der Waals surface area contributed by atoms with Crippen molar-refractivity contribution < 1.29 is 14.8 Å². The van der Waals surface area contributed by atoms with Gasteiger partial charge in [0.1, 0.15) is 11.5 Å². The quantitative estimate of drug-likeness (QED) is 0.0721. The van der Waals surface area contributed by atoms with Gasteiger partial charge in [0.05, 0.1) is 31.5 Å². The topological polar surface area (TPSA) is 97.9 Å². The second-order valence-electron chi connectivity index (χ2n) is 6.76. The zero-order valence-electron chi connectivity index (χ0n) is 17.0. The molecule has 0 atom stereocenters. The summed E-state index contributed by atoms with van der Waals surface area (Å²) < 4.78 is 8.98. The number of hydrogen-bond donors (Lipinski definition) is 1. The molecule has 11 heteroatoms. The number of halogens is 2. The van der Waals surface area contributed by atoms with Gasteiger partial charge < -0.3 is 9.84 Å². The maximum atomic E-state index is 11.1. The second kappa shape index (κ2) is 10.5. The Kier molecular flexibility index (Phi) is 7.71. The molecule has 3 aromatic carbocycles. The Morgan fingerprint density at radius 3 is 2.82 bits per heavy atom. The lowest BCUT2D eigenvalue weighted by molar-refractivity contribution is -0.384. The molecule has 33 heavy (non-hydrogen) atoms. The molecule has 1 heterocycles. The third kappa shape index (κ3) is 5.75. The number of hydrogen-bond acceptors (Lipinski definition) is 8. The van der Waals surface area contributed by atoms with Crippen LogP contribution in [0.1, 0.15) is 11.1 Å². The number of phenols is 1. The number of phenolic OH excluding ortho intramolecular Hbond substituents is 1. The molecular formula is C22H15I2N3O4S2. The monoisotopic (exact) mass is 703 g/mol. The Bertz CT molecular complexity index is 1390. The number of benzene rings is 3. The molecule has 0 amide bonds. The van der Waals surface area contributed by atoms with Gasteiger partial charge in [-0.1, -0.05) is 11.8 Å². The van der Waals surface area contributed by atoms with E-state index in [1.165, 1.54) is 35.2 Å². The van der Waals surface area contributed by atoms with Crippen molar-refractivity contribution in [1.82, 2.24) is 4.98 Å². The Balaban J connectivity index is 1.53. The summed E-state index contributed by atoms with van der Waals surface area (Å²) in [6, 6.07) is 14.1. The maximum Gasteiger partial charge on any atom is 0.270 e. The lowest BCUT2D eigenvalue weighted by Gasteiger charge is -2.06. The molecule has 0 aliphatic heterocycles. The number of ether oxygens (including phenoxy) is 1. The van der Waals surface area contributed by atoms with E-state index >= 15 is 0 Å². The predicted molar refractivity (Wildman–Crippen MR) is 150 cm³/mol. The number of nitro benzene ring substituents is 1. The van der Waals surface area contributed by atoms with Crippen molar-refractivity contribution in [2.45, 2.75) is 10.1 Å². The minimum absolute atomic E-state index is 0.0343. The predicted octanol–water partition coefficient (Wildman–Crippen LogP) is 7.17. The third-order valence-corrected chi connectivity index (χ3v) is 8.24. The largest absolute Gasteiger partial charge is 0.506 e. The highest BCUT2D eigenvalue weighted by Crippen LogP contribution is 2.36. The summed E-state index contributed by atoms with van der Waals surface area (Å²) in [5, 5.41) is 21.3. The lowest BCUT2D eigenvalue weighted by Crippen LogP contribution is -1.94. The number of thiazole rings is 1. The molecule has 0 aliphatic carbocycles. The van der Waals surface area contributed by atoms with Crippen molar-refractivity contribution in [1.29, 1.82) is 0 Å². The summed E-state index contributed by atoms with van der Waals surface area (Å²) in [7, 11) is 1.55. The summed E-state index contributed by atoms with van der Waals surface area (Å²) >= 11 is 7.35. The summed E-state index contributed by atoms with van der Waals surface area (Å²) in [5.41, 5.74) is 3.06. The molecule has 0 saturated carbocycles. The van der Waals surface area contributed by atoms with E-state index in [0.29, 0.717) is 17.1 Å². The second-order valence-corrected chi connectivity index (χ2v) is 11.4. The van der Waals surface area contributed by atoms with Crippen molar-refractivity contribution in [3.63, 3.8) is 0 Å². The number of aliphatic imine (C=N–C) groups is 1. The van der Waals surface area contributed by atoms with Crippen LogP contribution in [-0.4, -0.2) is 28.3 Å². The van der Waals surface area contributed by atoms with Crippen LogP contribution in [0, 0.1) is 17.3 Å². The van der Waals surface area contributed by atoms with Crippen LogP contribution in [0.3, 0.4) is 0 Å². The Morgan fingerprint density at radius 2 is 2.06 bits per heavy atom. The minimum Gasteiger partial charge on any atom is -0.506 e. The Morgan fingerprint density at radius 1 is 1.24 bits per heavy atom. The molecule has 168 valence electrons. The molecule has 0 bridgehead atoms. The van der Waals surface area contributed by atoms with Gasteiger partial charge in [-0.2, -0.15) is 0 Å².